The maximum absolute atomic E-state index is 12.4. The van der Waals surface area contributed by atoms with E-state index in [1.807, 2.05) is 24.3 Å². The molecule has 3 rings (SSSR count). The molecule has 3 N–H and O–H groups in total. The van der Waals surface area contributed by atoms with Gasteiger partial charge in [-0.1, -0.05) is 12.8 Å². The summed E-state index contributed by atoms with van der Waals surface area (Å²) in [6.45, 7) is 0.402. The highest BCUT2D eigenvalue weighted by atomic mass is 16.4. The fourth-order valence-corrected chi connectivity index (χ4v) is 2.83. The molecule has 21 heavy (non-hydrogen) atoms. The number of benzene rings is 1. The first-order valence-corrected chi connectivity index (χ1v) is 7.12. The summed E-state index contributed by atoms with van der Waals surface area (Å²) in [7, 11) is 0. The molecule has 1 aromatic carbocycles. The maximum atomic E-state index is 12.4. The summed E-state index contributed by atoms with van der Waals surface area (Å²) in [6, 6.07) is 7.34. The Morgan fingerprint density at radius 1 is 1.29 bits per heavy atom. The molecule has 2 aromatic rings. The van der Waals surface area contributed by atoms with E-state index in [2.05, 4.69) is 15.5 Å². The predicted molar refractivity (Wildman–Crippen MR) is 78.3 cm³/mol. The first-order valence-electron chi connectivity index (χ1n) is 7.12. The number of carbonyl (C=O) groups excluding carboxylic acids is 1. The lowest BCUT2D eigenvalue weighted by Crippen LogP contribution is -2.40. The van der Waals surface area contributed by atoms with Gasteiger partial charge in [0.2, 0.25) is 18.2 Å². The van der Waals surface area contributed by atoms with Gasteiger partial charge in [-0.3, -0.25) is 4.79 Å². The minimum Gasteiger partial charge on any atom is -0.423 e. The molecule has 1 saturated carbocycles. The Bertz CT molecular complexity index is 601. The van der Waals surface area contributed by atoms with Gasteiger partial charge < -0.3 is 15.5 Å². The fourth-order valence-electron chi connectivity index (χ4n) is 2.83. The normalized spacial score (nSPS) is 16.8. The van der Waals surface area contributed by atoms with E-state index in [1.54, 1.807) is 0 Å². The predicted octanol–water partition coefficient (Wildman–Crippen LogP) is 2.19. The molecular formula is C15H18N4O2. The van der Waals surface area contributed by atoms with Crippen molar-refractivity contribution in [2.75, 3.05) is 11.9 Å². The first kappa shape index (κ1) is 13.8. The van der Waals surface area contributed by atoms with Gasteiger partial charge in [0.05, 0.1) is 5.41 Å². The van der Waals surface area contributed by atoms with Crippen molar-refractivity contribution in [3.8, 4) is 11.5 Å². The van der Waals surface area contributed by atoms with Crippen molar-refractivity contribution in [3.63, 3.8) is 0 Å². The van der Waals surface area contributed by atoms with E-state index in [0.29, 0.717) is 12.4 Å². The van der Waals surface area contributed by atoms with E-state index in [9.17, 15) is 4.79 Å². The largest absolute Gasteiger partial charge is 0.423 e. The molecule has 0 bridgehead atoms. The summed E-state index contributed by atoms with van der Waals surface area (Å²) in [4.78, 5) is 12.4. The van der Waals surface area contributed by atoms with E-state index >= 15 is 0 Å². The summed E-state index contributed by atoms with van der Waals surface area (Å²) in [5.41, 5.74) is 7.00. The zero-order chi connectivity index (χ0) is 14.7. The Kier molecular flexibility index (Phi) is 3.70. The van der Waals surface area contributed by atoms with Crippen molar-refractivity contribution >= 4 is 11.6 Å². The molecule has 0 radical (unpaired) electrons. The van der Waals surface area contributed by atoms with Crippen molar-refractivity contribution in [2.24, 2.45) is 11.1 Å². The summed E-state index contributed by atoms with van der Waals surface area (Å²) < 4.78 is 5.13. The lowest BCUT2D eigenvalue weighted by atomic mass is 9.85. The summed E-state index contributed by atoms with van der Waals surface area (Å²) >= 11 is 0. The number of nitrogens with zero attached hydrogens (tertiary/aromatic N) is 2. The molecule has 1 aliphatic rings. The monoisotopic (exact) mass is 286 g/mol. The SMILES string of the molecule is NCC1(C(=O)Nc2ccc(-c3nnco3)cc2)CCCC1. The average molecular weight is 286 g/mol. The van der Waals surface area contributed by atoms with Gasteiger partial charge in [0.1, 0.15) is 0 Å². The van der Waals surface area contributed by atoms with Crippen LogP contribution in [0.3, 0.4) is 0 Å². The highest BCUT2D eigenvalue weighted by Gasteiger charge is 2.39. The molecule has 6 nitrogen and oxygen atoms in total. The number of carbonyl (C=O) groups is 1. The number of hydrogen-bond donors (Lipinski definition) is 2. The van der Waals surface area contributed by atoms with E-state index in [0.717, 1.165) is 36.9 Å². The maximum Gasteiger partial charge on any atom is 0.247 e. The Morgan fingerprint density at radius 2 is 2.00 bits per heavy atom. The highest BCUT2D eigenvalue weighted by Crippen LogP contribution is 2.38. The van der Waals surface area contributed by atoms with Crippen LogP contribution < -0.4 is 11.1 Å². The Labute approximate surface area is 122 Å². The smallest absolute Gasteiger partial charge is 0.247 e. The topological polar surface area (TPSA) is 94.0 Å². The molecule has 6 heteroatoms. The van der Waals surface area contributed by atoms with Gasteiger partial charge in [0, 0.05) is 17.8 Å². The molecule has 0 atom stereocenters. The first-order chi connectivity index (χ1) is 10.2. The van der Waals surface area contributed by atoms with Crippen molar-refractivity contribution in [1.82, 2.24) is 10.2 Å². The van der Waals surface area contributed by atoms with Gasteiger partial charge in [-0.25, -0.2) is 0 Å². The third-order valence-electron chi connectivity index (χ3n) is 4.18. The lowest BCUT2D eigenvalue weighted by molar-refractivity contribution is -0.124. The van der Waals surface area contributed by atoms with Crippen LogP contribution >= 0.6 is 0 Å². The standard InChI is InChI=1S/C15H18N4O2/c16-9-15(7-1-2-8-15)14(20)18-12-5-3-11(4-6-12)13-19-17-10-21-13/h3-6,10H,1-2,7-9,16H2,(H,18,20). The molecule has 0 saturated heterocycles. The second-order valence-electron chi connectivity index (χ2n) is 5.47. The van der Waals surface area contributed by atoms with E-state index < -0.39 is 5.41 Å². The Hall–Kier alpha value is -2.21. The summed E-state index contributed by atoms with van der Waals surface area (Å²) in [5, 5.41) is 10.4. The number of amides is 1. The van der Waals surface area contributed by atoms with Crippen LogP contribution in [0.5, 0.6) is 0 Å². The van der Waals surface area contributed by atoms with E-state index in [1.165, 1.54) is 6.39 Å². The van der Waals surface area contributed by atoms with Gasteiger partial charge in [0.25, 0.3) is 0 Å². The molecule has 1 fully saturated rings. The zero-order valence-electron chi connectivity index (χ0n) is 11.7. The van der Waals surface area contributed by atoms with Crippen LogP contribution in [0.1, 0.15) is 25.7 Å². The molecular weight excluding hydrogens is 268 g/mol. The van der Waals surface area contributed by atoms with Crippen LogP contribution in [-0.4, -0.2) is 22.6 Å². The van der Waals surface area contributed by atoms with Gasteiger partial charge in [-0.2, -0.15) is 0 Å². The van der Waals surface area contributed by atoms with Crippen molar-refractivity contribution in [1.29, 1.82) is 0 Å². The molecule has 1 heterocycles. The fraction of sp³-hybridized carbons (Fsp3) is 0.400. The molecule has 1 aliphatic carbocycles. The molecule has 0 aliphatic heterocycles. The van der Waals surface area contributed by atoms with E-state index in [-0.39, 0.29) is 5.91 Å². The van der Waals surface area contributed by atoms with Crippen LogP contribution in [-0.2, 0) is 4.79 Å². The molecule has 0 unspecified atom stereocenters. The average Bonchev–Trinajstić information content (AvgIpc) is 3.20. The van der Waals surface area contributed by atoms with Gasteiger partial charge in [0.15, 0.2) is 0 Å². The van der Waals surface area contributed by atoms with Gasteiger partial charge in [-0.05, 0) is 37.1 Å². The minimum absolute atomic E-state index is 0.0213. The van der Waals surface area contributed by atoms with Crippen LogP contribution in [0.15, 0.2) is 35.1 Å². The van der Waals surface area contributed by atoms with Gasteiger partial charge >= 0.3 is 0 Å². The molecule has 0 spiro atoms. The molecule has 1 aromatic heterocycles. The molecule has 110 valence electrons. The summed E-state index contributed by atoms with van der Waals surface area (Å²) in [6.07, 6.45) is 5.17. The second kappa shape index (κ2) is 5.65. The summed E-state index contributed by atoms with van der Waals surface area (Å²) in [5.74, 6) is 0.482. The Morgan fingerprint density at radius 3 is 2.57 bits per heavy atom. The number of nitrogens with two attached hydrogens (primary N) is 1. The van der Waals surface area contributed by atoms with Crippen molar-refractivity contribution < 1.29 is 9.21 Å². The number of hydrogen-bond acceptors (Lipinski definition) is 5. The highest BCUT2D eigenvalue weighted by molar-refractivity contribution is 5.95. The quantitative estimate of drug-likeness (QED) is 0.898. The van der Waals surface area contributed by atoms with E-state index in [4.69, 9.17) is 10.2 Å². The molecule has 1 amide bonds. The van der Waals surface area contributed by atoms with Crippen molar-refractivity contribution in [3.05, 3.63) is 30.7 Å². The van der Waals surface area contributed by atoms with Crippen LogP contribution in [0, 0.1) is 5.41 Å². The van der Waals surface area contributed by atoms with Crippen LogP contribution in [0.4, 0.5) is 5.69 Å². The minimum atomic E-state index is -0.398. The Balaban J connectivity index is 1.72. The van der Waals surface area contributed by atoms with Gasteiger partial charge in [-0.15, -0.1) is 10.2 Å². The van der Waals surface area contributed by atoms with Crippen LogP contribution in [0.2, 0.25) is 0 Å². The number of aromatic nitrogens is 2. The second-order valence-corrected chi connectivity index (χ2v) is 5.47. The van der Waals surface area contributed by atoms with Crippen molar-refractivity contribution in [2.45, 2.75) is 25.7 Å². The number of rotatable bonds is 4. The lowest BCUT2D eigenvalue weighted by Gasteiger charge is -2.25. The third-order valence-corrected chi connectivity index (χ3v) is 4.18. The number of nitrogens with one attached hydrogen (secondary N) is 1. The number of anilines is 1. The third kappa shape index (κ3) is 2.67. The zero-order valence-corrected chi connectivity index (χ0v) is 11.7. The van der Waals surface area contributed by atoms with Crippen LogP contribution in [0.25, 0.3) is 11.5 Å².